The van der Waals surface area contributed by atoms with E-state index >= 15 is 0 Å². The molecular formula is C12H18N4S. The van der Waals surface area contributed by atoms with Crippen LogP contribution in [-0.2, 0) is 19.9 Å². The van der Waals surface area contributed by atoms with Gasteiger partial charge in [0.25, 0.3) is 0 Å². The van der Waals surface area contributed by atoms with Crippen molar-refractivity contribution in [3.8, 4) is 0 Å². The van der Waals surface area contributed by atoms with Crippen LogP contribution in [0.5, 0.6) is 0 Å². The van der Waals surface area contributed by atoms with E-state index in [0.29, 0.717) is 0 Å². The van der Waals surface area contributed by atoms with Crippen molar-refractivity contribution in [2.75, 3.05) is 0 Å². The van der Waals surface area contributed by atoms with Crippen LogP contribution in [0.15, 0.2) is 23.8 Å². The zero-order chi connectivity index (χ0) is 12.1. The van der Waals surface area contributed by atoms with Crippen molar-refractivity contribution in [3.63, 3.8) is 0 Å². The molecule has 2 aromatic heterocycles. The average Bonchev–Trinajstić information content (AvgIpc) is 2.92. The Kier molecular flexibility index (Phi) is 4.28. The van der Waals surface area contributed by atoms with Crippen molar-refractivity contribution in [2.45, 2.75) is 31.7 Å². The number of hydrogen-bond donors (Lipinski definition) is 1. The van der Waals surface area contributed by atoms with Crippen LogP contribution in [-0.4, -0.2) is 20.8 Å². The van der Waals surface area contributed by atoms with E-state index in [0.717, 1.165) is 31.5 Å². The van der Waals surface area contributed by atoms with E-state index in [-0.39, 0.29) is 6.04 Å². The van der Waals surface area contributed by atoms with Gasteiger partial charge in [0.1, 0.15) is 12.2 Å². The smallest absolute Gasteiger partial charge is 0.138 e. The SMILES string of the molecule is Cn1ncnc1CC(N)CCCc1cccs1. The van der Waals surface area contributed by atoms with Gasteiger partial charge < -0.3 is 5.73 Å². The number of nitrogens with two attached hydrogens (primary N) is 1. The van der Waals surface area contributed by atoms with Crippen molar-refractivity contribution >= 4 is 11.3 Å². The maximum atomic E-state index is 6.10. The molecule has 2 heterocycles. The van der Waals surface area contributed by atoms with Gasteiger partial charge >= 0.3 is 0 Å². The minimum absolute atomic E-state index is 0.179. The molecule has 1 atom stereocenters. The predicted molar refractivity (Wildman–Crippen MR) is 69.9 cm³/mol. The van der Waals surface area contributed by atoms with Gasteiger partial charge in [0.2, 0.25) is 0 Å². The van der Waals surface area contributed by atoms with Gasteiger partial charge in [-0.1, -0.05) is 6.07 Å². The second-order valence-electron chi connectivity index (χ2n) is 4.24. The molecule has 0 aliphatic rings. The zero-order valence-electron chi connectivity index (χ0n) is 10.0. The van der Waals surface area contributed by atoms with Crippen molar-refractivity contribution in [2.24, 2.45) is 12.8 Å². The summed E-state index contributed by atoms with van der Waals surface area (Å²) in [4.78, 5) is 5.63. The van der Waals surface area contributed by atoms with Gasteiger partial charge in [0.05, 0.1) is 0 Å². The number of aryl methyl sites for hydroxylation is 2. The molecule has 0 aliphatic carbocycles. The fourth-order valence-corrected chi connectivity index (χ4v) is 2.59. The van der Waals surface area contributed by atoms with Crippen molar-refractivity contribution < 1.29 is 0 Å². The Morgan fingerprint density at radius 3 is 3.06 bits per heavy atom. The molecule has 0 radical (unpaired) electrons. The van der Waals surface area contributed by atoms with Gasteiger partial charge in [-0.3, -0.25) is 4.68 Å². The molecular weight excluding hydrogens is 232 g/mol. The molecule has 5 heteroatoms. The second-order valence-corrected chi connectivity index (χ2v) is 5.27. The largest absolute Gasteiger partial charge is 0.327 e. The Hall–Kier alpha value is -1.20. The summed E-state index contributed by atoms with van der Waals surface area (Å²) in [6, 6.07) is 4.45. The first-order chi connectivity index (χ1) is 8.25. The van der Waals surface area contributed by atoms with Crippen molar-refractivity contribution in [3.05, 3.63) is 34.5 Å². The van der Waals surface area contributed by atoms with Crippen LogP contribution >= 0.6 is 11.3 Å². The Labute approximate surface area is 105 Å². The first-order valence-corrected chi connectivity index (χ1v) is 6.74. The van der Waals surface area contributed by atoms with Crippen LogP contribution in [0.25, 0.3) is 0 Å². The summed E-state index contributed by atoms with van der Waals surface area (Å²) in [5, 5.41) is 6.16. The van der Waals surface area contributed by atoms with E-state index in [1.54, 1.807) is 11.0 Å². The lowest BCUT2D eigenvalue weighted by atomic mass is 10.1. The summed E-state index contributed by atoms with van der Waals surface area (Å²) < 4.78 is 1.79. The lowest BCUT2D eigenvalue weighted by Gasteiger charge is -2.10. The minimum atomic E-state index is 0.179. The normalized spacial score (nSPS) is 12.8. The van der Waals surface area contributed by atoms with E-state index < -0.39 is 0 Å². The van der Waals surface area contributed by atoms with E-state index in [4.69, 9.17) is 5.73 Å². The number of nitrogens with zero attached hydrogens (tertiary/aromatic N) is 3. The molecule has 2 aromatic rings. The quantitative estimate of drug-likeness (QED) is 0.850. The predicted octanol–water partition coefficient (Wildman–Crippen LogP) is 1.77. The minimum Gasteiger partial charge on any atom is -0.327 e. The van der Waals surface area contributed by atoms with Gasteiger partial charge in [0.15, 0.2) is 0 Å². The fraction of sp³-hybridized carbons (Fsp3) is 0.500. The highest BCUT2D eigenvalue weighted by Gasteiger charge is 2.08. The highest BCUT2D eigenvalue weighted by atomic mass is 32.1. The van der Waals surface area contributed by atoms with Crippen molar-refractivity contribution in [1.29, 1.82) is 0 Å². The van der Waals surface area contributed by atoms with Crippen LogP contribution in [0.2, 0.25) is 0 Å². The van der Waals surface area contributed by atoms with Crippen LogP contribution in [0.3, 0.4) is 0 Å². The molecule has 0 bridgehead atoms. The molecule has 1 unspecified atom stereocenters. The average molecular weight is 250 g/mol. The molecule has 0 spiro atoms. The molecule has 2 rings (SSSR count). The molecule has 0 saturated carbocycles. The first-order valence-electron chi connectivity index (χ1n) is 5.86. The molecule has 0 saturated heterocycles. The van der Waals surface area contributed by atoms with Gasteiger partial charge in [-0.2, -0.15) is 5.10 Å². The summed E-state index contributed by atoms with van der Waals surface area (Å²) in [5.74, 6) is 0.966. The van der Waals surface area contributed by atoms with Crippen molar-refractivity contribution in [1.82, 2.24) is 14.8 Å². The molecule has 0 aromatic carbocycles. The lowest BCUT2D eigenvalue weighted by molar-refractivity contribution is 0.551. The van der Waals surface area contributed by atoms with E-state index in [1.165, 1.54) is 4.88 Å². The number of aromatic nitrogens is 3. The summed E-state index contributed by atoms with van der Waals surface area (Å²) >= 11 is 1.82. The Balaban J connectivity index is 1.71. The molecule has 0 aliphatic heterocycles. The summed E-state index contributed by atoms with van der Waals surface area (Å²) in [7, 11) is 1.90. The standard InChI is InChI=1S/C12H18N4S/c1-16-12(14-9-15-16)8-10(13)4-2-5-11-6-3-7-17-11/h3,6-7,9-10H,2,4-5,8,13H2,1H3. The van der Waals surface area contributed by atoms with Crippen LogP contribution in [0.4, 0.5) is 0 Å². The highest BCUT2D eigenvalue weighted by Crippen LogP contribution is 2.13. The summed E-state index contributed by atoms with van der Waals surface area (Å²) in [6.45, 7) is 0. The lowest BCUT2D eigenvalue weighted by Crippen LogP contribution is -2.24. The molecule has 92 valence electrons. The number of hydrogen-bond acceptors (Lipinski definition) is 4. The van der Waals surface area contributed by atoms with E-state index in [9.17, 15) is 0 Å². The number of rotatable bonds is 6. The van der Waals surface area contributed by atoms with Gasteiger partial charge in [-0.15, -0.1) is 11.3 Å². The molecule has 2 N–H and O–H groups in total. The Morgan fingerprint density at radius 2 is 2.41 bits per heavy atom. The fourth-order valence-electron chi connectivity index (χ4n) is 1.83. The number of thiophene rings is 1. The maximum absolute atomic E-state index is 6.10. The Morgan fingerprint density at radius 1 is 1.53 bits per heavy atom. The molecule has 4 nitrogen and oxygen atoms in total. The molecule has 0 fully saturated rings. The van der Waals surface area contributed by atoms with Crippen LogP contribution in [0.1, 0.15) is 23.5 Å². The zero-order valence-corrected chi connectivity index (χ0v) is 10.9. The van der Waals surface area contributed by atoms with E-state index in [2.05, 4.69) is 27.6 Å². The second kappa shape index (κ2) is 5.93. The first kappa shape index (κ1) is 12.3. The third kappa shape index (κ3) is 3.64. The summed E-state index contributed by atoms with van der Waals surface area (Å²) in [5.41, 5.74) is 6.10. The highest BCUT2D eigenvalue weighted by molar-refractivity contribution is 7.09. The molecule has 0 amide bonds. The van der Waals surface area contributed by atoms with Gasteiger partial charge in [0, 0.05) is 24.4 Å². The monoisotopic (exact) mass is 250 g/mol. The third-order valence-electron chi connectivity index (χ3n) is 2.83. The maximum Gasteiger partial charge on any atom is 0.138 e. The van der Waals surface area contributed by atoms with Gasteiger partial charge in [-0.05, 0) is 30.7 Å². The van der Waals surface area contributed by atoms with Crippen LogP contribution < -0.4 is 5.73 Å². The molecule has 17 heavy (non-hydrogen) atoms. The topological polar surface area (TPSA) is 56.7 Å². The van der Waals surface area contributed by atoms with E-state index in [1.807, 2.05) is 18.4 Å². The third-order valence-corrected chi connectivity index (χ3v) is 3.76. The summed E-state index contributed by atoms with van der Waals surface area (Å²) in [6.07, 6.45) is 5.68. The Bertz CT molecular complexity index is 435. The van der Waals surface area contributed by atoms with Gasteiger partial charge in [-0.25, -0.2) is 4.98 Å². The van der Waals surface area contributed by atoms with Crippen LogP contribution in [0, 0.1) is 0 Å².